The highest BCUT2D eigenvalue weighted by Gasteiger charge is 2.18. The molecule has 0 spiro atoms. The Morgan fingerprint density at radius 3 is 2.88 bits per heavy atom. The summed E-state index contributed by atoms with van der Waals surface area (Å²) in [5, 5.41) is 10.2. The lowest BCUT2D eigenvalue weighted by molar-refractivity contribution is -0.120. The van der Waals surface area contributed by atoms with Gasteiger partial charge < -0.3 is 14.8 Å². The molecule has 1 aromatic carbocycles. The van der Waals surface area contributed by atoms with E-state index in [1.165, 1.54) is 11.8 Å². The molecular weight excluding hydrogens is 328 g/mol. The normalized spacial score (nSPS) is 14.0. The van der Waals surface area contributed by atoms with E-state index < -0.39 is 0 Å². The first-order valence-electron chi connectivity index (χ1n) is 7.78. The van der Waals surface area contributed by atoms with Crippen LogP contribution in [0.15, 0.2) is 23.4 Å². The molecule has 128 valence electrons. The van der Waals surface area contributed by atoms with Gasteiger partial charge in [0.15, 0.2) is 11.5 Å². The molecule has 0 radical (unpaired) electrons. The predicted octanol–water partition coefficient (Wildman–Crippen LogP) is 2.45. The molecule has 2 aromatic rings. The number of hydrogen-bond acceptors (Lipinski definition) is 6. The number of fused-ring (bicyclic) bond motifs is 1. The van der Waals surface area contributed by atoms with E-state index in [0.29, 0.717) is 17.5 Å². The minimum atomic E-state index is -0.283. The Balaban J connectivity index is 1.52. The summed E-state index contributed by atoms with van der Waals surface area (Å²) in [7, 11) is 0. The lowest BCUT2D eigenvalue weighted by atomic mass is 10.2. The van der Waals surface area contributed by atoms with Crippen molar-refractivity contribution in [3.63, 3.8) is 0 Å². The van der Waals surface area contributed by atoms with Crippen molar-refractivity contribution in [2.75, 3.05) is 6.79 Å². The maximum Gasteiger partial charge on any atom is 0.233 e. The quantitative estimate of drug-likeness (QED) is 0.780. The first-order chi connectivity index (χ1) is 11.5. The van der Waals surface area contributed by atoms with Crippen LogP contribution in [-0.4, -0.2) is 33.1 Å². The van der Waals surface area contributed by atoms with Gasteiger partial charge >= 0.3 is 0 Å². The van der Waals surface area contributed by atoms with Crippen LogP contribution in [0.1, 0.15) is 38.1 Å². The number of aromatic nitrogens is 3. The van der Waals surface area contributed by atoms with Crippen LogP contribution in [0.5, 0.6) is 11.5 Å². The summed E-state index contributed by atoms with van der Waals surface area (Å²) in [5.41, 5.74) is 0.963. The molecule has 7 nitrogen and oxygen atoms in total. The van der Waals surface area contributed by atoms with E-state index in [0.717, 1.165) is 17.1 Å². The standard InChI is InChI=1S/C16H20N4O3S/c1-9(2)14-18-16(20-19-14)24-10(3)15(21)17-7-11-4-5-12-13(6-11)23-8-22-12/h4-6,9-10H,7-8H2,1-3H3,(H,17,21)(H,18,19,20)/t10-/m1/s1. The SMILES string of the molecule is CC(C)c1nc(S[C@H](C)C(=O)NCc2ccc3c(c2)OCO3)n[nH]1. The van der Waals surface area contributed by atoms with Crippen molar-refractivity contribution in [2.45, 2.75) is 43.6 Å². The molecule has 0 bridgehead atoms. The Morgan fingerprint density at radius 1 is 1.33 bits per heavy atom. The predicted molar refractivity (Wildman–Crippen MR) is 90.2 cm³/mol. The molecule has 24 heavy (non-hydrogen) atoms. The number of carbonyl (C=O) groups excluding carboxylic acids is 1. The lowest BCUT2D eigenvalue weighted by Gasteiger charge is -2.10. The summed E-state index contributed by atoms with van der Waals surface area (Å²) in [5.74, 6) is 2.49. The monoisotopic (exact) mass is 348 g/mol. The maximum absolute atomic E-state index is 12.2. The molecule has 2 heterocycles. The Hall–Kier alpha value is -2.22. The molecular formula is C16H20N4O3S. The van der Waals surface area contributed by atoms with Crippen LogP contribution in [-0.2, 0) is 11.3 Å². The molecule has 8 heteroatoms. The zero-order chi connectivity index (χ0) is 17.1. The summed E-state index contributed by atoms with van der Waals surface area (Å²) in [6.45, 7) is 6.59. The minimum absolute atomic E-state index is 0.0615. The third-order valence-electron chi connectivity index (χ3n) is 3.58. The van der Waals surface area contributed by atoms with E-state index in [-0.39, 0.29) is 23.9 Å². The summed E-state index contributed by atoms with van der Waals surface area (Å²) < 4.78 is 10.6. The Kier molecular flexibility index (Phi) is 4.94. The second kappa shape index (κ2) is 7.12. The first kappa shape index (κ1) is 16.6. The second-order valence-corrected chi connectivity index (χ2v) is 7.13. The first-order valence-corrected chi connectivity index (χ1v) is 8.66. The Bertz CT molecular complexity index is 732. The number of nitrogens with one attached hydrogen (secondary N) is 2. The summed E-state index contributed by atoms with van der Waals surface area (Å²) in [6.07, 6.45) is 0. The van der Waals surface area contributed by atoms with E-state index in [4.69, 9.17) is 9.47 Å². The van der Waals surface area contributed by atoms with Gasteiger partial charge in [0, 0.05) is 12.5 Å². The number of nitrogens with zero attached hydrogens (tertiary/aromatic N) is 2. The van der Waals surface area contributed by atoms with Crippen molar-refractivity contribution >= 4 is 17.7 Å². The molecule has 1 atom stereocenters. The van der Waals surface area contributed by atoms with Crippen LogP contribution in [0.4, 0.5) is 0 Å². The summed E-state index contributed by atoms with van der Waals surface area (Å²) in [6, 6.07) is 5.64. The summed E-state index contributed by atoms with van der Waals surface area (Å²) in [4.78, 5) is 16.6. The number of carbonyl (C=O) groups is 1. The van der Waals surface area contributed by atoms with Gasteiger partial charge in [-0.3, -0.25) is 9.89 Å². The molecule has 1 aliphatic rings. The third-order valence-corrected chi connectivity index (χ3v) is 4.55. The van der Waals surface area contributed by atoms with E-state index in [1.807, 2.05) is 39.0 Å². The fraction of sp³-hybridized carbons (Fsp3) is 0.438. The number of thioether (sulfide) groups is 1. The van der Waals surface area contributed by atoms with Gasteiger partial charge in [-0.25, -0.2) is 4.98 Å². The number of rotatable bonds is 6. The minimum Gasteiger partial charge on any atom is -0.454 e. The van der Waals surface area contributed by atoms with Gasteiger partial charge in [0.2, 0.25) is 17.9 Å². The average Bonchev–Trinajstić information content (AvgIpc) is 3.20. The smallest absolute Gasteiger partial charge is 0.233 e. The zero-order valence-electron chi connectivity index (χ0n) is 13.8. The van der Waals surface area contributed by atoms with Crippen molar-refractivity contribution in [1.29, 1.82) is 0 Å². The molecule has 0 fully saturated rings. The van der Waals surface area contributed by atoms with E-state index in [2.05, 4.69) is 20.5 Å². The van der Waals surface area contributed by atoms with Gasteiger partial charge in [0.25, 0.3) is 0 Å². The molecule has 1 aromatic heterocycles. The molecule has 0 aliphatic carbocycles. The van der Waals surface area contributed by atoms with Crippen molar-refractivity contribution in [1.82, 2.24) is 20.5 Å². The molecule has 1 amide bonds. The number of amides is 1. The zero-order valence-corrected chi connectivity index (χ0v) is 14.6. The lowest BCUT2D eigenvalue weighted by Crippen LogP contribution is -2.30. The van der Waals surface area contributed by atoms with Gasteiger partial charge in [0.05, 0.1) is 5.25 Å². The van der Waals surface area contributed by atoms with Crippen molar-refractivity contribution in [3.8, 4) is 11.5 Å². The highest BCUT2D eigenvalue weighted by atomic mass is 32.2. The number of benzene rings is 1. The van der Waals surface area contributed by atoms with Crippen LogP contribution >= 0.6 is 11.8 Å². The van der Waals surface area contributed by atoms with E-state index in [1.54, 1.807) is 0 Å². The molecule has 3 rings (SSSR count). The number of aromatic amines is 1. The van der Waals surface area contributed by atoms with Crippen LogP contribution in [0.25, 0.3) is 0 Å². The molecule has 0 saturated carbocycles. The third kappa shape index (κ3) is 3.81. The van der Waals surface area contributed by atoms with Gasteiger partial charge in [-0.15, -0.1) is 5.10 Å². The number of ether oxygens (including phenoxy) is 2. The Morgan fingerprint density at radius 2 is 2.12 bits per heavy atom. The van der Waals surface area contributed by atoms with E-state index >= 15 is 0 Å². The fourth-order valence-corrected chi connectivity index (χ4v) is 2.92. The molecule has 0 saturated heterocycles. The summed E-state index contributed by atoms with van der Waals surface area (Å²) >= 11 is 1.33. The van der Waals surface area contributed by atoms with E-state index in [9.17, 15) is 4.79 Å². The largest absolute Gasteiger partial charge is 0.454 e. The molecule has 0 unspecified atom stereocenters. The molecule has 2 N–H and O–H groups in total. The van der Waals surface area contributed by atoms with Crippen LogP contribution in [0.3, 0.4) is 0 Å². The second-order valence-electron chi connectivity index (χ2n) is 5.82. The van der Waals surface area contributed by atoms with Crippen LogP contribution in [0.2, 0.25) is 0 Å². The fourth-order valence-electron chi connectivity index (χ4n) is 2.16. The van der Waals surface area contributed by atoms with Crippen molar-refractivity contribution < 1.29 is 14.3 Å². The molecule has 1 aliphatic heterocycles. The van der Waals surface area contributed by atoms with Crippen LogP contribution < -0.4 is 14.8 Å². The van der Waals surface area contributed by atoms with Gasteiger partial charge in [-0.2, -0.15) is 0 Å². The number of hydrogen-bond donors (Lipinski definition) is 2. The topological polar surface area (TPSA) is 89.1 Å². The highest BCUT2D eigenvalue weighted by molar-refractivity contribution is 8.00. The average molecular weight is 348 g/mol. The van der Waals surface area contributed by atoms with Crippen LogP contribution in [0, 0.1) is 0 Å². The van der Waals surface area contributed by atoms with Crippen molar-refractivity contribution in [2.24, 2.45) is 0 Å². The van der Waals surface area contributed by atoms with Gasteiger partial charge in [0.1, 0.15) is 5.82 Å². The van der Waals surface area contributed by atoms with Gasteiger partial charge in [-0.05, 0) is 24.6 Å². The van der Waals surface area contributed by atoms with Crippen molar-refractivity contribution in [3.05, 3.63) is 29.6 Å². The highest BCUT2D eigenvalue weighted by Crippen LogP contribution is 2.32. The van der Waals surface area contributed by atoms with Gasteiger partial charge in [-0.1, -0.05) is 31.7 Å². The maximum atomic E-state index is 12.2. The number of H-pyrrole nitrogens is 1. The Labute approximate surface area is 144 Å².